The fraction of sp³-hybridized carbons (Fsp3) is 0.357. The van der Waals surface area contributed by atoms with Crippen LogP contribution in [-0.2, 0) is 14.3 Å². The Morgan fingerprint density at radius 2 is 1.83 bits per heavy atom. The van der Waals surface area contributed by atoms with Crippen LogP contribution in [0.25, 0.3) is 0 Å². The van der Waals surface area contributed by atoms with Crippen molar-refractivity contribution in [1.29, 1.82) is 5.26 Å². The molecule has 1 heterocycles. The summed E-state index contributed by atoms with van der Waals surface area (Å²) >= 11 is 0. The number of nitriles is 1. The van der Waals surface area contributed by atoms with Crippen LogP contribution in [0.5, 0.6) is 5.75 Å². The minimum absolute atomic E-state index is 0.173. The molecule has 10 nitrogen and oxygen atoms in total. The zero-order chi connectivity index (χ0) is 18.0. The van der Waals surface area contributed by atoms with Gasteiger partial charge in [0.15, 0.2) is 6.10 Å². The van der Waals surface area contributed by atoms with E-state index in [9.17, 15) is 30.0 Å². The van der Waals surface area contributed by atoms with Crippen LogP contribution in [0.4, 0.5) is 0 Å². The van der Waals surface area contributed by atoms with Gasteiger partial charge in [-0.15, -0.1) is 0 Å². The van der Waals surface area contributed by atoms with E-state index in [2.05, 4.69) is 0 Å². The van der Waals surface area contributed by atoms with Crippen molar-refractivity contribution in [1.82, 2.24) is 0 Å². The second-order valence-corrected chi connectivity index (χ2v) is 4.98. The third-order valence-corrected chi connectivity index (χ3v) is 3.39. The van der Waals surface area contributed by atoms with Gasteiger partial charge in [0.05, 0.1) is 11.1 Å². The lowest BCUT2D eigenvalue weighted by atomic mass is 9.99. The number of aliphatic hydroxyl groups excluding tert-OH is 3. The number of carbonyl (C=O) groups excluding carboxylic acids is 1. The summed E-state index contributed by atoms with van der Waals surface area (Å²) in [5.74, 6) is -3.07. The summed E-state index contributed by atoms with van der Waals surface area (Å²) in [7, 11) is 0. The predicted molar refractivity (Wildman–Crippen MR) is 72.6 cm³/mol. The average molecular weight is 339 g/mol. The molecular weight excluding hydrogens is 326 g/mol. The molecule has 5 atom stereocenters. The first-order chi connectivity index (χ1) is 11.3. The molecule has 5 N–H and O–H groups in total. The van der Waals surface area contributed by atoms with Gasteiger partial charge in [-0.25, -0.2) is 9.59 Å². The van der Waals surface area contributed by atoms with Crippen molar-refractivity contribution >= 4 is 11.9 Å². The first-order valence-corrected chi connectivity index (χ1v) is 6.62. The molecule has 0 unspecified atom stereocenters. The summed E-state index contributed by atoms with van der Waals surface area (Å²) in [5.41, 5.74) is -0.374. The molecule has 0 amide bonds. The highest BCUT2D eigenvalue weighted by Crippen LogP contribution is 2.24. The Kier molecular flexibility index (Phi) is 5.01. The Morgan fingerprint density at radius 1 is 1.17 bits per heavy atom. The maximum absolute atomic E-state index is 12.0. The Hall–Kier alpha value is -2.71. The van der Waals surface area contributed by atoms with Crippen LogP contribution in [-0.4, -0.2) is 68.2 Å². The van der Waals surface area contributed by atoms with E-state index >= 15 is 0 Å². The predicted octanol–water partition coefficient (Wildman–Crippen LogP) is -1.69. The summed E-state index contributed by atoms with van der Waals surface area (Å²) in [6, 6.07) is 4.88. The molecule has 10 heteroatoms. The number of rotatable bonds is 3. The molecule has 0 aliphatic carbocycles. The maximum atomic E-state index is 12.0. The van der Waals surface area contributed by atoms with Crippen molar-refractivity contribution in [2.45, 2.75) is 30.7 Å². The van der Waals surface area contributed by atoms with Crippen molar-refractivity contribution in [2.24, 2.45) is 0 Å². The Labute approximate surface area is 134 Å². The molecule has 0 saturated carbocycles. The summed E-state index contributed by atoms with van der Waals surface area (Å²) in [5, 5.41) is 56.0. The van der Waals surface area contributed by atoms with E-state index in [1.54, 1.807) is 6.07 Å². The standard InChI is InChI=1S/C14H13NO9/c15-4-6-3-5(1-2-7(6)16)13(22)24-14-10(19)8(17)9(18)11(23-14)12(20)21/h1-3,8-11,14,16-19H,(H,20,21)/t8-,9-,10+,11-,14-/m0/s1. The molecule has 0 bridgehead atoms. The summed E-state index contributed by atoms with van der Waals surface area (Å²) in [6.45, 7) is 0. The minimum atomic E-state index is -1.91. The van der Waals surface area contributed by atoms with E-state index in [1.165, 1.54) is 0 Å². The summed E-state index contributed by atoms with van der Waals surface area (Å²) < 4.78 is 9.59. The number of aliphatic hydroxyl groups is 3. The van der Waals surface area contributed by atoms with Crippen molar-refractivity contribution in [3.63, 3.8) is 0 Å². The first kappa shape index (κ1) is 17.6. The van der Waals surface area contributed by atoms with Gasteiger partial charge in [0.1, 0.15) is 30.1 Å². The van der Waals surface area contributed by atoms with Crippen molar-refractivity contribution in [3.8, 4) is 11.8 Å². The molecule has 1 aromatic rings. The molecule has 1 aliphatic heterocycles. The Morgan fingerprint density at radius 3 is 2.42 bits per heavy atom. The van der Waals surface area contributed by atoms with Crippen LogP contribution in [0, 0.1) is 11.3 Å². The number of hydrogen-bond donors (Lipinski definition) is 5. The van der Waals surface area contributed by atoms with Crippen molar-refractivity contribution < 1.29 is 44.6 Å². The van der Waals surface area contributed by atoms with Crippen molar-refractivity contribution in [3.05, 3.63) is 29.3 Å². The van der Waals surface area contributed by atoms with Gasteiger partial charge in [-0.1, -0.05) is 0 Å². The van der Waals surface area contributed by atoms with E-state index in [4.69, 9.17) is 19.8 Å². The quantitative estimate of drug-likeness (QED) is 0.399. The third-order valence-electron chi connectivity index (χ3n) is 3.39. The smallest absolute Gasteiger partial charge is 0.340 e. The Bertz CT molecular complexity index is 698. The van der Waals surface area contributed by atoms with Crippen LogP contribution in [0.3, 0.4) is 0 Å². The van der Waals surface area contributed by atoms with Gasteiger partial charge < -0.3 is 35.0 Å². The third kappa shape index (κ3) is 3.29. The topological polar surface area (TPSA) is 178 Å². The largest absolute Gasteiger partial charge is 0.507 e. The zero-order valence-corrected chi connectivity index (χ0v) is 11.9. The monoisotopic (exact) mass is 339 g/mol. The Balaban J connectivity index is 2.18. The number of esters is 1. The fourth-order valence-corrected chi connectivity index (χ4v) is 2.08. The molecule has 0 spiro atoms. The molecule has 24 heavy (non-hydrogen) atoms. The number of aliphatic carboxylic acids is 1. The van der Waals surface area contributed by atoms with Crippen molar-refractivity contribution in [2.75, 3.05) is 0 Å². The van der Waals surface area contributed by atoms with Gasteiger partial charge in [-0.3, -0.25) is 0 Å². The highest BCUT2D eigenvalue weighted by Gasteiger charge is 2.48. The second kappa shape index (κ2) is 6.81. The van der Waals surface area contributed by atoms with E-state index < -0.39 is 42.6 Å². The van der Waals surface area contributed by atoms with Gasteiger partial charge in [0.25, 0.3) is 0 Å². The molecule has 1 fully saturated rings. The first-order valence-electron chi connectivity index (χ1n) is 6.62. The van der Waals surface area contributed by atoms with Gasteiger partial charge in [-0.05, 0) is 18.2 Å². The number of nitrogens with zero attached hydrogens (tertiary/aromatic N) is 1. The van der Waals surface area contributed by atoms with Gasteiger partial charge in [0.2, 0.25) is 6.29 Å². The van der Waals surface area contributed by atoms with Gasteiger partial charge in [-0.2, -0.15) is 5.26 Å². The lowest BCUT2D eigenvalue weighted by molar-refractivity contribution is -0.278. The summed E-state index contributed by atoms with van der Waals surface area (Å²) in [4.78, 5) is 23.0. The van der Waals surface area contributed by atoms with E-state index in [0.29, 0.717) is 0 Å². The summed E-state index contributed by atoms with van der Waals surface area (Å²) in [6.07, 6.45) is -9.46. The molecule has 0 aromatic heterocycles. The normalized spacial score (nSPS) is 29.5. The fourth-order valence-electron chi connectivity index (χ4n) is 2.08. The molecule has 128 valence electrons. The second-order valence-electron chi connectivity index (χ2n) is 4.98. The molecule has 1 aromatic carbocycles. The highest BCUT2D eigenvalue weighted by molar-refractivity contribution is 5.90. The number of hydrogen-bond acceptors (Lipinski definition) is 9. The van der Waals surface area contributed by atoms with E-state index in [-0.39, 0.29) is 16.9 Å². The van der Waals surface area contributed by atoms with Crippen LogP contribution in [0.15, 0.2) is 18.2 Å². The van der Waals surface area contributed by atoms with Crippen LogP contribution >= 0.6 is 0 Å². The molecule has 1 saturated heterocycles. The van der Waals surface area contributed by atoms with Crippen LogP contribution in [0.2, 0.25) is 0 Å². The number of carboxylic acid groups (broad SMARTS) is 1. The van der Waals surface area contributed by atoms with Gasteiger partial charge >= 0.3 is 11.9 Å². The minimum Gasteiger partial charge on any atom is -0.507 e. The number of aromatic hydroxyl groups is 1. The number of carboxylic acids is 1. The SMILES string of the molecule is N#Cc1cc(C(=O)O[C@@H]2O[C@H](C(=O)O)[C@@H](O)[C@H](O)[C@H]2O)ccc1O. The molecule has 1 aliphatic rings. The zero-order valence-electron chi connectivity index (χ0n) is 11.9. The number of ether oxygens (including phenoxy) is 2. The molecular formula is C14H13NO9. The number of phenolic OH excluding ortho intramolecular Hbond substituents is 1. The maximum Gasteiger partial charge on any atom is 0.340 e. The number of carbonyl (C=O) groups is 2. The lowest BCUT2D eigenvalue weighted by Gasteiger charge is -2.37. The number of phenols is 1. The number of benzene rings is 1. The molecule has 0 radical (unpaired) electrons. The highest BCUT2D eigenvalue weighted by atomic mass is 16.7. The average Bonchev–Trinajstić information content (AvgIpc) is 2.55. The molecule has 2 rings (SSSR count). The lowest BCUT2D eigenvalue weighted by Crippen LogP contribution is -2.60. The van der Waals surface area contributed by atoms with E-state index in [1.807, 2.05) is 0 Å². The van der Waals surface area contributed by atoms with Crippen LogP contribution < -0.4 is 0 Å². The van der Waals surface area contributed by atoms with Gasteiger partial charge in [0, 0.05) is 0 Å². The van der Waals surface area contributed by atoms with Crippen LogP contribution in [0.1, 0.15) is 15.9 Å². The van der Waals surface area contributed by atoms with E-state index in [0.717, 1.165) is 18.2 Å².